The third-order valence-electron chi connectivity index (χ3n) is 3.16. The zero-order valence-electron chi connectivity index (χ0n) is 12.1. The molecule has 0 aliphatic rings. The molecule has 0 saturated heterocycles. The molecule has 21 heavy (non-hydrogen) atoms. The lowest BCUT2D eigenvalue weighted by Gasteiger charge is -2.13. The first-order valence-corrected chi connectivity index (χ1v) is 7.17. The summed E-state index contributed by atoms with van der Waals surface area (Å²) in [5, 5.41) is 8.81. The molecular formula is C12H16N4O4S. The number of carboxylic acids is 1. The van der Waals surface area contributed by atoms with Crippen LogP contribution < -0.4 is 11.2 Å². The summed E-state index contributed by atoms with van der Waals surface area (Å²) in [7, 11) is 2.89. The Morgan fingerprint density at radius 1 is 1.29 bits per heavy atom. The van der Waals surface area contributed by atoms with Gasteiger partial charge in [0.05, 0.1) is 0 Å². The molecule has 0 aliphatic heterocycles. The Balaban J connectivity index is 2.57. The van der Waals surface area contributed by atoms with E-state index in [4.69, 9.17) is 0 Å². The molecule has 2 N–H and O–H groups in total. The van der Waals surface area contributed by atoms with E-state index in [-0.39, 0.29) is 17.1 Å². The number of carbonyl (C=O) groups is 1. The standard InChI is InChI=1S/C12H16N4O4S/c1-5(2)7(10(18)19)21-11-13-6-8(14-11)15(3)12(20)16(4)9(6)17/h5,7H,1-4H3,(H,13,14)(H,18,19). The number of carboxylic acid groups (broad SMARTS) is 1. The van der Waals surface area contributed by atoms with E-state index >= 15 is 0 Å². The number of nitrogens with one attached hydrogen (secondary N) is 1. The quantitative estimate of drug-likeness (QED) is 0.778. The van der Waals surface area contributed by atoms with Crippen molar-refractivity contribution >= 4 is 28.9 Å². The maximum atomic E-state index is 12.0. The van der Waals surface area contributed by atoms with E-state index in [2.05, 4.69) is 9.97 Å². The van der Waals surface area contributed by atoms with E-state index in [9.17, 15) is 19.5 Å². The number of aromatic nitrogens is 4. The highest BCUT2D eigenvalue weighted by molar-refractivity contribution is 8.00. The van der Waals surface area contributed by atoms with Crippen molar-refractivity contribution in [2.75, 3.05) is 0 Å². The van der Waals surface area contributed by atoms with Crippen LogP contribution in [0.25, 0.3) is 11.2 Å². The zero-order chi connectivity index (χ0) is 15.9. The molecule has 2 aromatic heterocycles. The topological polar surface area (TPSA) is 110 Å². The van der Waals surface area contributed by atoms with Gasteiger partial charge in [-0.1, -0.05) is 25.6 Å². The molecule has 0 amide bonds. The number of fused-ring (bicyclic) bond motifs is 1. The van der Waals surface area contributed by atoms with Crippen molar-refractivity contribution in [1.29, 1.82) is 0 Å². The van der Waals surface area contributed by atoms with Gasteiger partial charge in [-0.3, -0.25) is 18.7 Å². The van der Waals surface area contributed by atoms with Crippen molar-refractivity contribution in [2.45, 2.75) is 24.3 Å². The minimum atomic E-state index is -0.947. The van der Waals surface area contributed by atoms with Gasteiger partial charge in [-0.25, -0.2) is 9.78 Å². The van der Waals surface area contributed by atoms with Crippen molar-refractivity contribution in [3.8, 4) is 0 Å². The molecule has 1 unspecified atom stereocenters. The van der Waals surface area contributed by atoms with Crippen LogP contribution in [0.2, 0.25) is 0 Å². The molecular weight excluding hydrogens is 296 g/mol. The third-order valence-corrected chi connectivity index (χ3v) is 4.58. The average Bonchev–Trinajstić information content (AvgIpc) is 2.83. The van der Waals surface area contributed by atoms with Crippen molar-refractivity contribution in [3.05, 3.63) is 20.8 Å². The van der Waals surface area contributed by atoms with Gasteiger partial charge in [-0.2, -0.15) is 0 Å². The predicted molar refractivity (Wildman–Crippen MR) is 78.7 cm³/mol. The second-order valence-electron chi connectivity index (χ2n) is 5.07. The molecule has 0 aromatic carbocycles. The van der Waals surface area contributed by atoms with Crippen LogP contribution in [0.3, 0.4) is 0 Å². The fourth-order valence-corrected chi connectivity index (χ4v) is 2.87. The Morgan fingerprint density at radius 2 is 1.90 bits per heavy atom. The summed E-state index contributed by atoms with van der Waals surface area (Å²) in [5.74, 6) is -1.05. The largest absolute Gasteiger partial charge is 0.480 e. The first kappa shape index (κ1) is 15.4. The van der Waals surface area contributed by atoms with Gasteiger partial charge in [0.2, 0.25) is 0 Å². The lowest BCUT2D eigenvalue weighted by Crippen LogP contribution is -2.36. The number of rotatable bonds is 4. The highest BCUT2D eigenvalue weighted by Crippen LogP contribution is 2.27. The number of nitrogens with zero attached hydrogens (tertiary/aromatic N) is 3. The lowest BCUT2D eigenvalue weighted by atomic mass is 10.1. The van der Waals surface area contributed by atoms with Crippen LogP contribution in [0.15, 0.2) is 14.7 Å². The Hall–Kier alpha value is -2.03. The van der Waals surface area contributed by atoms with E-state index in [0.717, 1.165) is 16.3 Å². The number of thioether (sulfide) groups is 1. The summed E-state index contributed by atoms with van der Waals surface area (Å²) < 4.78 is 2.23. The number of imidazole rings is 1. The SMILES string of the molecule is CC(C)C(Sc1nc2c([nH]1)c(=O)n(C)c(=O)n2C)C(=O)O. The lowest BCUT2D eigenvalue weighted by molar-refractivity contribution is -0.137. The Labute approximate surface area is 123 Å². The van der Waals surface area contributed by atoms with E-state index in [1.54, 1.807) is 13.8 Å². The molecule has 9 heteroatoms. The van der Waals surface area contributed by atoms with Crippen LogP contribution in [0.5, 0.6) is 0 Å². The molecule has 1 atom stereocenters. The van der Waals surface area contributed by atoms with Gasteiger partial charge in [0.1, 0.15) is 5.25 Å². The highest BCUT2D eigenvalue weighted by atomic mass is 32.2. The number of aromatic amines is 1. The van der Waals surface area contributed by atoms with Crippen molar-refractivity contribution in [2.24, 2.45) is 20.0 Å². The summed E-state index contributed by atoms with van der Waals surface area (Å²) in [4.78, 5) is 42.0. The summed E-state index contributed by atoms with van der Waals surface area (Å²) in [6.45, 7) is 3.59. The second kappa shape index (κ2) is 5.40. The van der Waals surface area contributed by atoms with Crippen molar-refractivity contribution in [3.63, 3.8) is 0 Å². The highest BCUT2D eigenvalue weighted by Gasteiger charge is 2.25. The number of hydrogen-bond acceptors (Lipinski definition) is 5. The smallest absolute Gasteiger partial charge is 0.332 e. The Morgan fingerprint density at radius 3 is 2.43 bits per heavy atom. The number of aryl methyl sites for hydroxylation is 1. The summed E-state index contributed by atoms with van der Waals surface area (Å²) in [6, 6.07) is 0. The molecule has 8 nitrogen and oxygen atoms in total. The van der Waals surface area contributed by atoms with Crippen molar-refractivity contribution < 1.29 is 9.90 Å². The van der Waals surface area contributed by atoms with Crippen LogP contribution in [0, 0.1) is 5.92 Å². The van der Waals surface area contributed by atoms with E-state index in [1.165, 1.54) is 18.7 Å². The van der Waals surface area contributed by atoms with E-state index < -0.39 is 22.5 Å². The average molecular weight is 312 g/mol. The normalized spacial score (nSPS) is 13.0. The molecule has 0 bridgehead atoms. The number of aliphatic carboxylic acids is 1. The van der Waals surface area contributed by atoms with Crippen LogP contribution in [-0.2, 0) is 18.9 Å². The minimum Gasteiger partial charge on any atom is -0.480 e. The summed E-state index contributed by atoms with van der Waals surface area (Å²) in [6.07, 6.45) is 0. The van der Waals surface area contributed by atoms with Gasteiger partial charge in [0.25, 0.3) is 5.56 Å². The van der Waals surface area contributed by atoms with E-state index in [1.807, 2.05) is 0 Å². The monoisotopic (exact) mass is 312 g/mol. The molecule has 0 fully saturated rings. The Kier molecular flexibility index (Phi) is 3.95. The molecule has 114 valence electrons. The maximum Gasteiger partial charge on any atom is 0.332 e. The third kappa shape index (κ3) is 2.60. The van der Waals surface area contributed by atoms with Gasteiger partial charge < -0.3 is 10.1 Å². The number of hydrogen-bond donors (Lipinski definition) is 2. The predicted octanol–water partition coefficient (Wildman–Crippen LogP) is 0.162. The summed E-state index contributed by atoms with van der Waals surface area (Å²) in [5.41, 5.74) is -0.549. The first-order chi connectivity index (χ1) is 9.73. The zero-order valence-corrected chi connectivity index (χ0v) is 12.9. The minimum absolute atomic E-state index is 0.104. The van der Waals surface area contributed by atoms with Gasteiger partial charge >= 0.3 is 11.7 Å². The molecule has 2 heterocycles. The maximum absolute atomic E-state index is 12.0. The fraction of sp³-hybridized carbons (Fsp3) is 0.500. The molecule has 0 radical (unpaired) electrons. The fourth-order valence-electron chi connectivity index (χ4n) is 1.95. The van der Waals surface area contributed by atoms with Crippen LogP contribution in [-0.4, -0.2) is 35.4 Å². The molecule has 2 aromatic rings. The van der Waals surface area contributed by atoms with Gasteiger partial charge in [-0.05, 0) is 5.92 Å². The second-order valence-corrected chi connectivity index (χ2v) is 6.20. The molecule has 0 saturated carbocycles. The van der Waals surface area contributed by atoms with E-state index in [0.29, 0.717) is 5.16 Å². The first-order valence-electron chi connectivity index (χ1n) is 6.29. The molecule has 0 spiro atoms. The molecule has 0 aliphatic carbocycles. The van der Waals surface area contributed by atoms with Crippen LogP contribution >= 0.6 is 11.8 Å². The summed E-state index contributed by atoms with van der Waals surface area (Å²) >= 11 is 1.03. The van der Waals surface area contributed by atoms with Gasteiger partial charge in [-0.15, -0.1) is 0 Å². The van der Waals surface area contributed by atoms with Crippen LogP contribution in [0.1, 0.15) is 13.8 Å². The Bertz CT molecular complexity index is 817. The van der Waals surface area contributed by atoms with Gasteiger partial charge in [0, 0.05) is 14.1 Å². The number of H-pyrrole nitrogens is 1. The van der Waals surface area contributed by atoms with Crippen LogP contribution in [0.4, 0.5) is 0 Å². The molecule has 2 rings (SSSR count). The van der Waals surface area contributed by atoms with Crippen molar-refractivity contribution in [1.82, 2.24) is 19.1 Å². The van der Waals surface area contributed by atoms with Gasteiger partial charge in [0.15, 0.2) is 16.3 Å².